The van der Waals surface area contributed by atoms with Crippen molar-refractivity contribution >= 4 is 15.7 Å². The Morgan fingerprint density at radius 1 is 1.16 bits per heavy atom. The number of rotatable bonds is 5. The number of sulfonamides is 1. The van der Waals surface area contributed by atoms with Crippen LogP contribution in [0.3, 0.4) is 0 Å². The van der Waals surface area contributed by atoms with Gasteiger partial charge in [-0.2, -0.15) is 0 Å². The molecule has 1 aliphatic carbocycles. The maximum absolute atomic E-state index is 12.4. The molecule has 0 aromatic heterocycles. The monoisotopic (exact) mass is 282 g/mol. The molecule has 0 radical (unpaired) electrons. The zero-order chi connectivity index (χ0) is 13.7. The van der Waals surface area contributed by atoms with Crippen molar-refractivity contribution in [2.75, 3.05) is 11.9 Å². The van der Waals surface area contributed by atoms with E-state index < -0.39 is 10.0 Å². The molecule has 1 fully saturated rings. The minimum atomic E-state index is -3.43. The third-order valence-corrected chi connectivity index (χ3v) is 5.05. The second kappa shape index (κ2) is 6.39. The van der Waals surface area contributed by atoms with Crippen LogP contribution in [0, 0.1) is 0 Å². The van der Waals surface area contributed by atoms with Crippen molar-refractivity contribution in [2.45, 2.75) is 50.0 Å². The van der Waals surface area contributed by atoms with Crippen molar-refractivity contribution in [3.63, 3.8) is 0 Å². The van der Waals surface area contributed by atoms with Gasteiger partial charge in [-0.05, 0) is 31.9 Å². The normalized spacial score (nSPS) is 17.3. The summed E-state index contributed by atoms with van der Waals surface area (Å²) < 4.78 is 27.7. The highest BCUT2D eigenvalue weighted by atomic mass is 32.2. The zero-order valence-corrected chi connectivity index (χ0v) is 12.2. The van der Waals surface area contributed by atoms with Gasteiger partial charge in [-0.15, -0.1) is 0 Å². The van der Waals surface area contributed by atoms with Crippen molar-refractivity contribution in [2.24, 2.45) is 0 Å². The van der Waals surface area contributed by atoms with E-state index in [2.05, 4.69) is 10.0 Å². The van der Waals surface area contributed by atoms with E-state index in [-0.39, 0.29) is 6.04 Å². The van der Waals surface area contributed by atoms with Crippen LogP contribution in [0.15, 0.2) is 29.2 Å². The van der Waals surface area contributed by atoms with E-state index in [1.165, 1.54) is 6.42 Å². The van der Waals surface area contributed by atoms with Gasteiger partial charge < -0.3 is 5.32 Å². The molecule has 0 bridgehead atoms. The lowest BCUT2D eigenvalue weighted by atomic mass is 9.96. The van der Waals surface area contributed by atoms with E-state index in [1.54, 1.807) is 18.2 Å². The largest absolute Gasteiger partial charge is 0.384 e. The van der Waals surface area contributed by atoms with E-state index in [1.807, 2.05) is 13.0 Å². The molecule has 4 nitrogen and oxygen atoms in total. The Bertz CT molecular complexity index is 508. The SMILES string of the molecule is CCNc1ccccc1S(=O)(=O)NC1CCCCC1. The smallest absolute Gasteiger partial charge is 0.242 e. The van der Waals surface area contributed by atoms with Gasteiger partial charge in [0.25, 0.3) is 0 Å². The van der Waals surface area contributed by atoms with Gasteiger partial charge in [0.05, 0.1) is 5.69 Å². The Morgan fingerprint density at radius 2 is 1.84 bits per heavy atom. The highest BCUT2D eigenvalue weighted by molar-refractivity contribution is 7.89. The average Bonchev–Trinajstić information content (AvgIpc) is 2.40. The average molecular weight is 282 g/mol. The summed E-state index contributed by atoms with van der Waals surface area (Å²) in [4.78, 5) is 0.349. The summed E-state index contributed by atoms with van der Waals surface area (Å²) in [6.07, 6.45) is 5.33. The van der Waals surface area contributed by atoms with E-state index in [9.17, 15) is 8.42 Å². The number of benzene rings is 1. The Hall–Kier alpha value is -1.07. The van der Waals surface area contributed by atoms with Crippen molar-refractivity contribution < 1.29 is 8.42 Å². The lowest BCUT2D eigenvalue weighted by molar-refractivity contribution is 0.412. The molecule has 0 aliphatic heterocycles. The van der Waals surface area contributed by atoms with Gasteiger partial charge in [0.1, 0.15) is 4.90 Å². The summed E-state index contributed by atoms with van der Waals surface area (Å²) in [6.45, 7) is 2.66. The predicted octanol–water partition coefficient (Wildman–Crippen LogP) is 2.73. The minimum Gasteiger partial charge on any atom is -0.384 e. The molecule has 0 spiro atoms. The summed E-state index contributed by atoms with van der Waals surface area (Å²) in [6, 6.07) is 7.16. The summed E-state index contributed by atoms with van der Waals surface area (Å²) in [7, 11) is -3.43. The molecule has 0 unspecified atom stereocenters. The van der Waals surface area contributed by atoms with Gasteiger partial charge in [-0.25, -0.2) is 13.1 Å². The molecule has 0 amide bonds. The Labute approximate surface area is 115 Å². The lowest BCUT2D eigenvalue weighted by Gasteiger charge is -2.23. The third kappa shape index (κ3) is 3.70. The second-order valence-electron chi connectivity index (χ2n) is 4.98. The Balaban J connectivity index is 2.18. The Morgan fingerprint density at radius 3 is 2.53 bits per heavy atom. The first kappa shape index (κ1) is 14.3. The van der Waals surface area contributed by atoms with Crippen molar-refractivity contribution in [1.82, 2.24) is 4.72 Å². The van der Waals surface area contributed by atoms with Crippen LogP contribution >= 0.6 is 0 Å². The molecule has 0 atom stereocenters. The van der Waals surface area contributed by atoms with Gasteiger partial charge in [0, 0.05) is 12.6 Å². The molecule has 1 saturated carbocycles. The maximum atomic E-state index is 12.4. The summed E-state index contributed by atoms with van der Waals surface area (Å²) >= 11 is 0. The molecule has 1 aromatic rings. The van der Waals surface area contributed by atoms with Crippen LogP contribution in [0.25, 0.3) is 0 Å². The molecular weight excluding hydrogens is 260 g/mol. The Kier molecular flexibility index (Phi) is 4.82. The van der Waals surface area contributed by atoms with E-state index in [0.717, 1.165) is 25.7 Å². The molecule has 1 aliphatic rings. The van der Waals surface area contributed by atoms with E-state index in [4.69, 9.17) is 0 Å². The van der Waals surface area contributed by atoms with Crippen molar-refractivity contribution in [3.05, 3.63) is 24.3 Å². The van der Waals surface area contributed by atoms with Crippen molar-refractivity contribution in [1.29, 1.82) is 0 Å². The zero-order valence-electron chi connectivity index (χ0n) is 11.4. The number of anilines is 1. The number of hydrogen-bond acceptors (Lipinski definition) is 3. The highest BCUT2D eigenvalue weighted by Gasteiger charge is 2.23. The van der Waals surface area contributed by atoms with Gasteiger partial charge >= 0.3 is 0 Å². The second-order valence-corrected chi connectivity index (χ2v) is 6.67. The molecule has 0 saturated heterocycles. The van der Waals surface area contributed by atoms with E-state index >= 15 is 0 Å². The molecule has 2 rings (SSSR count). The van der Waals surface area contributed by atoms with Crippen LogP contribution in [0.5, 0.6) is 0 Å². The van der Waals surface area contributed by atoms with Gasteiger partial charge in [0.15, 0.2) is 0 Å². The van der Waals surface area contributed by atoms with Crippen LogP contribution in [0.4, 0.5) is 5.69 Å². The molecule has 2 N–H and O–H groups in total. The van der Waals surface area contributed by atoms with Crippen LogP contribution in [0.2, 0.25) is 0 Å². The molecule has 1 aromatic carbocycles. The fourth-order valence-corrected chi connectivity index (χ4v) is 4.03. The highest BCUT2D eigenvalue weighted by Crippen LogP contribution is 2.23. The molecule has 19 heavy (non-hydrogen) atoms. The summed E-state index contributed by atoms with van der Waals surface area (Å²) in [5, 5.41) is 3.10. The topological polar surface area (TPSA) is 58.2 Å². The molecule has 0 heterocycles. The maximum Gasteiger partial charge on any atom is 0.242 e. The predicted molar refractivity (Wildman–Crippen MR) is 77.8 cm³/mol. The van der Waals surface area contributed by atoms with E-state index in [0.29, 0.717) is 17.1 Å². The number of hydrogen-bond donors (Lipinski definition) is 2. The fourth-order valence-electron chi connectivity index (χ4n) is 2.54. The minimum absolute atomic E-state index is 0.0911. The number of nitrogens with one attached hydrogen (secondary N) is 2. The van der Waals surface area contributed by atoms with Gasteiger partial charge in [0.2, 0.25) is 10.0 Å². The first-order valence-corrected chi connectivity index (χ1v) is 8.47. The van der Waals surface area contributed by atoms with Gasteiger partial charge in [-0.1, -0.05) is 31.4 Å². The first-order chi connectivity index (χ1) is 9.13. The third-order valence-electron chi connectivity index (χ3n) is 3.47. The number of para-hydroxylation sites is 1. The lowest BCUT2D eigenvalue weighted by Crippen LogP contribution is -2.36. The van der Waals surface area contributed by atoms with Crippen LogP contribution in [0.1, 0.15) is 39.0 Å². The summed E-state index contributed by atoms with van der Waals surface area (Å²) in [5.41, 5.74) is 0.674. The fraction of sp³-hybridized carbons (Fsp3) is 0.571. The molecule has 5 heteroatoms. The standard InChI is InChI=1S/C14H22N2O2S/c1-2-15-13-10-6-7-11-14(13)19(17,18)16-12-8-4-3-5-9-12/h6-7,10-12,15-16H,2-5,8-9H2,1H3. The van der Waals surface area contributed by atoms with Crippen LogP contribution in [-0.2, 0) is 10.0 Å². The van der Waals surface area contributed by atoms with Crippen LogP contribution < -0.4 is 10.0 Å². The first-order valence-electron chi connectivity index (χ1n) is 6.98. The molecular formula is C14H22N2O2S. The quantitative estimate of drug-likeness (QED) is 0.873. The van der Waals surface area contributed by atoms with Gasteiger partial charge in [-0.3, -0.25) is 0 Å². The molecule has 106 valence electrons. The van der Waals surface area contributed by atoms with Crippen LogP contribution in [-0.4, -0.2) is 21.0 Å². The summed E-state index contributed by atoms with van der Waals surface area (Å²) in [5.74, 6) is 0. The van der Waals surface area contributed by atoms with Crippen molar-refractivity contribution in [3.8, 4) is 0 Å².